The van der Waals surface area contributed by atoms with Gasteiger partial charge in [0, 0.05) is 76.0 Å². The molecule has 0 amide bonds. The van der Waals surface area contributed by atoms with E-state index < -0.39 is 5.41 Å². The minimum atomic E-state index is -0.634. The van der Waals surface area contributed by atoms with E-state index in [1.807, 2.05) is 24.3 Å². The van der Waals surface area contributed by atoms with Crippen LogP contribution in [0.4, 0.5) is 34.1 Å². The van der Waals surface area contributed by atoms with Gasteiger partial charge in [-0.05, 0) is 79.9 Å². The molecule has 56 heavy (non-hydrogen) atoms. The zero-order chi connectivity index (χ0) is 38.7. The Bertz CT molecular complexity index is 1790. The maximum Gasteiger partial charge on any atom is 0.119 e. The van der Waals surface area contributed by atoms with E-state index in [4.69, 9.17) is 0 Å². The van der Waals surface area contributed by atoms with Gasteiger partial charge >= 0.3 is 0 Å². The van der Waals surface area contributed by atoms with Gasteiger partial charge in [0.1, 0.15) is 5.41 Å². The summed E-state index contributed by atoms with van der Waals surface area (Å²) in [5.74, 6) is 7.84. The zero-order valence-electron chi connectivity index (χ0n) is 34.6. The number of nitriles is 1. The lowest BCUT2D eigenvalue weighted by molar-refractivity contribution is 0.598. The summed E-state index contributed by atoms with van der Waals surface area (Å²) in [5.41, 5.74) is 12.9. The van der Waals surface area contributed by atoms with E-state index in [9.17, 15) is 5.26 Å². The fourth-order valence-electron chi connectivity index (χ4n) is 9.71. The molecule has 0 spiro atoms. The van der Waals surface area contributed by atoms with Gasteiger partial charge in [-0.2, -0.15) is 5.26 Å². The molecule has 3 heterocycles. The number of hydrogen-bond donors (Lipinski definition) is 0. The first-order chi connectivity index (χ1) is 27.7. The van der Waals surface area contributed by atoms with Gasteiger partial charge in [0.05, 0.1) is 11.6 Å². The predicted molar refractivity (Wildman–Crippen MR) is 238 cm³/mol. The van der Waals surface area contributed by atoms with E-state index in [1.165, 1.54) is 166 Å². The van der Waals surface area contributed by atoms with Gasteiger partial charge in [0.15, 0.2) is 0 Å². The smallest absolute Gasteiger partial charge is 0.119 e. The van der Waals surface area contributed by atoms with Crippen LogP contribution in [0.2, 0.25) is 0 Å². The molecule has 0 atom stereocenters. The van der Waals surface area contributed by atoms with Crippen molar-refractivity contribution in [1.82, 2.24) is 0 Å². The molecule has 4 aromatic carbocycles. The highest BCUT2D eigenvalue weighted by Crippen LogP contribution is 2.66. The molecule has 4 heteroatoms. The Morgan fingerprint density at radius 2 is 0.714 bits per heavy atom. The molecular formula is C52H64N4. The highest BCUT2D eigenvalue weighted by molar-refractivity contribution is 6.02. The maximum atomic E-state index is 9.56. The Hall–Kier alpha value is -4.67. The summed E-state index contributed by atoms with van der Waals surface area (Å²) in [5, 5.41) is 9.56. The van der Waals surface area contributed by atoms with Gasteiger partial charge in [-0.25, -0.2) is 0 Å². The average molecular weight is 745 g/mol. The molecule has 3 aliphatic rings. The van der Waals surface area contributed by atoms with Crippen molar-refractivity contribution < 1.29 is 0 Å². The van der Waals surface area contributed by atoms with Crippen molar-refractivity contribution in [2.75, 3.05) is 34.3 Å². The van der Waals surface area contributed by atoms with Crippen molar-refractivity contribution in [2.24, 2.45) is 0 Å². The van der Waals surface area contributed by atoms with E-state index in [1.54, 1.807) is 0 Å². The molecule has 0 saturated heterocycles. The standard InChI is InChI=1S/C52H64N4/c1-4-7-10-13-16-19-37-54-43-25-22-27-45-49(43)52(36-35-41-31-33-42(40-53)34-32-41)50-44(54)26-23-28-46(50)56(39-21-18-15-12-9-6-3)48-30-24-29-47(51(48)52)55(45)38-20-17-14-11-8-5-2/h22-34H,4-21,37-39H2,1-3H3. The third-order valence-electron chi connectivity index (χ3n) is 12.5. The number of unbranched alkanes of at least 4 members (excludes halogenated alkanes) is 15. The number of hydrogen-bond acceptors (Lipinski definition) is 4. The lowest BCUT2D eigenvalue weighted by Crippen LogP contribution is -2.47. The van der Waals surface area contributed by atoms with Gasteiger partial charge in [-0.1, -0.05) is 147 Å². The van der Waals surface area contributed by atoms with Gasteiger partial charge < -0.3 is 14.7 Å². The second-order valence-corrected chi connectivity index (χ2v) is 16.5. The summed E-state index contributed by atoms with van der Waals surface area (Å²) in [6.07, 6.45) is 23.0. The van der Waals surface area contributed by atoms with Crippen LogP contribution in [-0.4, -0.2) is 19.6 Å². The van der Waals surface area contributed by atoms with E-state index in [0.717, 1.165) is 25.2 Å². The summed E-state index contributed by atoms with van der Waals surface area (Å²) in [6.45, 7) is 9.91. The van der Waals surface area contributed by atoms with Crippen LogP contribution in [-0.2, 0) is 5.41 Å². The fourth-order valence-corrected chi connectivity index (χ4v) is 9.71. The molecule has 0 bridgehead atoms. The second kappa shape index (κ2) is 19.0. The lowest BCUT2D eigenvalue weighted by Gasteiger charge is -2.54. The largest absolute Gasteiger partial charge is 0.341 e. The van der Waals surface area contributed by atoms with Crippen molar-refractivity contribution in [2.45, 2.75) is 142 Å². The summed E-state index contributed by atoms with van der Waals surface area (Å²) in [4.78, 5) is 8.01. The van der Waals surface area contributed by atoms with Gasteiger partial charge in [-0.3, -0.25) is 0 Å². The zero-order valence-corrected chi connectivity index (χ0v) is 34.6. The molecule has 7 rings (SSSR count). The molecule has 0 N–H and O–H groups in total. The molecule has 0 saturated carbocycles. The van der Waals surface area contributed by atoms with Crippen LogP contribution in [0.5, 0.6) is 0 Å². The number of anilines is 6. The van der Waals surface area contributed by atoms with E-state index in [2.05, 4.69) is 108 Å². The Balaban J connectivity index is 1.40. The Labute approximate surface area is 338 Å². The van der Waals surface area contributed by atoms with Crippen LogP contribution in [0.1, 0.15) is 164 Å². The summed E-state index contributed by atoms with van der Waals surface area (Å²) in [7, 11) is 0. The van der Waals surface area contributed by atoms with Crippen molar-refractivity contribution in [1.29, 1.82) is 5.26 Å². The summed E-state index contributed by atoms with van der Waals surface area (Å²) in [6, 6.07) is 31.4. The molecule has 3 aliphatic heterocycles. The third-order valence-corrected chi connectivity index (χ3v) is 12.5. The molecule has 292 valence electrons. The first-order valence-electron chi connectivity index (χ1n) is 22.4. The molecular weight excluding hydrogens is 681 g/mol. The first kappa shape index (κ1) is 39.6. The first-order valence-corrected chi connectivity index (χ1v) is 22.4. The quantitative estimate of drug-likeness (QED) is 0.0628. The van der Waals surface area contributed by atoms with Gasteiger partial charge in [-0.15, -0.1) is 0 Å². The van der Waals surface area contributed by atoms with Crippen LogP contribution in [0.25, 0.3) is 0 Å². The minimum absolute atomic E-state index is 0.634. The molecule has 0 unspecified atom stereocenters. The molecule has 0 aliphatic carbocycles. The molecule has 0 fully saturated rings. The van der Waals surface area contributed by atoms with E-state index >= 15 is 0 Å². The minimum Gasteiger partial charge on any atom is -0.341 e. The van der Waals surface area contributed by atoms with Crippen molar-refractivity contribution >= 4 is 34.1 Å². The van der Waals surface area contributed by atoms with E-state index in [0.29, 0.717) is 5.56 Å². The van der Waals surface area contributed by atoms with Crippen LogP contribution in [0, 0.1) is 23.2 Å². The maximum absolute atomic E-state index is 9.56. The van der Waals surface area contributed by atoms with E-state index in [-0.39, 0.29) is 0 Å². The monoisotopic (exact) mass is 745 g/mol. The molecule has 0 radical (unpaired) electrons. The van der Waals surface area contributed by atoms with Crippen molar-refractivity contribution in [3.05, 3.63) is 107 Å². The van der Waals surface area contributed by atoms with Crippen LogP contribution in [0.15, 0.2) is 78.9 Å². The van der Waals surface area contributed by atoms with Crippen LogP contribution < -0.4 is 14.7 Å². The molecule has 4 aromatic rings. The average Bonchev–Trinajstić information content (AvgIpc) is 3.23. The second-order valence-electron chi connectivity index (χ2n) is 16.5. The van der Waals surface area contributed by atoms with Gasteiger partial charge in [0.25, 0.3) is 0 Å². The fraction of sp³-hybridized carbons (Fsp3) is 0.481. The van der Waals surface area contributed by atoms with Crippen molar-refractivity contribution in [3.8, 4) is 17.9 Å². The number of benzene rings is 4. The topological polar surface area (TPSA) is 33.5 Å². The van der Waals surface area contributed by atoms with Crippen molar-refractivity contribution in [3.63, 3.8) is 0 Å². The summed E-state index contributed by atoms with van der Waals surface area (Å²) < 4.78 is 0. The predicted octanol–water partition coefficient (Wildman–Crippen LogP) is 14.4. The Kier molecular flexibility index (Phi) is 13.4. The normalized spacial score (nSPS) is 13.9. The number of rotatable bonds is 21. The highest BCUT2D eigenvalue weighted by atomic mass is 15.2. The van der Waals surface area contributed by atoms with Crippen LogP contribution >= 0.6 is 0 Å². The van der Waals surface area contributed by atoms with Gasteiger partial charge in [0.2, 0.25) is 0 Å². The Morgan fingerprint density at radius 3 is 1.04 bits per heavy atom. The SMILES string of the molecule is CCCCCCCCN1c2cccc3c2C2(C#Cc4ccc(C#N)cc4)c4c1cccc4N(CCCCCCCC)c1cccc(c12)N3CCCCCCCC. The number of nitrogens with zero attached hydrogens (tertiary/aromatic N) is 4. The highest BCUT2D eigenvalue weighted by Gasteiger charge is 2.55. The molecule has 4 nitrogen and oxygen atoms in total. The third kappa shape index (κ3) is 7.83. The van der Waals surface area contributed by atoms with Crippen LogP contribution in [0.3, 0.4) is 0 Å². The Morgan fingerprint density at radius 1 is 0.411 bits per heavy atom. The molecule has 0 aromatic heterocycles. The summed E-state index contributed by atoms with van der Waals surface area (Å²) >= 11 is 0. The lowest BCUT2D eigenvalue weighted by atomic mass is 9.61.